The molecular formula is C15H19NO10. The van der Waals surface area contributed by atoms with Crippen molar-refractivity contribution in [2.75, 3.05) is 6.61 Å². The Morgan fingerprint density at radius 3 is 1.81 bits per heavy atom. The summed E-state index contributed by atoms with van der Waals surface area (Å²) in [5, 5.41) is 0. The molecule has 0 aromatic rings. The predicted molar refractivity (Wildman–Crippen MR) is 80.1 cm³/mol. The van der Waals surface area contributed by atoms with Crippen LogP contribution in [0.15, 0.2) is 4.99 Å². The summed E-state index contributed by atoms with van der Waals surface area (Å²) in [7, 11) is 0. The third-order valence-corrected chi connectivity index (χ3v) is 3.15. The van der Waals surface area contributed by atoms with Crippen LogP contribution in [-0.4, -0.2) is 67.2 Å². The summed E-state index contributed by atoms with van der Waals surface area (Å²) in [6.07, 6.45) is -5.30. The van der Waals surface area contributed by atoms with Crippen molar-refractivity contribution < 1.29 is 47.7 Å². The van der Waals surface area contributed by atoms with E-state index in [0.717, 1.165) is 27.7 Å². The van der Waals surface area contributed by atoms with Gasteiger partial charge >= 0.3 is 23.9 Å². The van der Waals surface area contributed by atoms with Gasteiger partial charge in [-0.1, -0.05) is 0 Å². The van der Waals surface area contributed by atoms with Crippen molar-refractivity contribution >= 4 is 30.0 Å². The molecule has 0 amide bonds. The molecule has 144 valence electrons. The fourth-order valence-corrected chi connectivity index (χ4v) is 2.36. The summed E-state index contributed by atoms with van der Waals surface area (Å²) in [6, 6.07) is 0. The lowest BCUT2D eigenvalue weighted by Crippen LogP contribution is -2.61. The second kappa shape index (κ2) is 9.64. The van der Waals surface area contributed by atoms with Gasteiger partial charge in [-0.05, 0) is 0 Å². The first-order valence-corrected chi connectivity index (χ1v) is 7.53. The van der Waals surface area contributed by atoms with Crippen LogP contribution in [0.1, 0.15) is 27.7 Å². The molecule has 0 N–H and O–H groups in total. The molecular weight excluding hydrogens is 354 g/mol. The van der Waals surface area contributed by atoms with Gasteiger partial charge < -0.3 is 23.7 Å². The van der Waals surface area contributed by atoms with E-state index in [4.69, 9.17) is 23.7 Å². The highest BCUT2D eigenvalue weighted by Crippen LogP contribution is 2.29. The van der Waals surface area contributed by atoms with Crippen LogP contribution in [0.5, 0.6) is 0 Å². The average Bonchev–Trinajstić information content (AvgIpc) is 2.50. The lowest BCUT2D eigenvalue weighted by molar-refractivity contribution is -0.250. The minimum atomic E-state index is -1.41. The van der Waals surface area contributed by atoms with Crippen LogP contribution in [0, 0.1) is 0 Å². The van der Waals surface area contributed by atoms with Crippen molar-refractivity contribution in [3.63, 3.8) is 0 Å². The summed E-state index contributed by atoms with van der Waals surface area (Å²) in [4.78, 5) is 59.4. The van der Waals surface area contributed by atoms with E-state index >= 15 is 0 Å². The van der Waals surface area contributed by atoms with Gasteiger partial charge in [0.2, 0.25) is 12.3 Å². The molecule has 5 atom stereocenters. The maximum absolute atomic E-state index is 11.5. The minimum absolute atomic E-state index is 0.386. The topological polar surface area (TPSA) is 144 Å². The van der Waals surface area contributed by atoms with E-state index in [1.54, 1.807) is 0 Å². The SMILES string of the molecule is CC(=O)OCC1O[C@H](N=C=O)C(OC(C)=O)C(OC(C)=O)[C@H]1OC(C)=O. The molecule has 0 aliphatic carbocycles. The van der Waals surface area contributed by atoms with E-state index in [1.165, 1.54) is 6.08 Å². The van der Waals surface area contributed by atoms with Gasteiger partial charge in [0.1, 0.15) is 12.7 Å². The number of hydrogen-bond acceptors (Lipinski definition) is 11. The Morgan fingerprint density at radius 2 is 1.35 bits per heavy atom. The fourth-order valence-electron chi connectivity index (χ4n) is 2.36. The standard InChI is InChI=1S/C15H19NO10/c1-7(18)22-5-11-12(23-8(2)19)13(24-9(3)20)14(25-10(4)21)15(26-11)16-6-17/h11-15H,5H2,1-4H3/t11?,12-,13?,14?,15-/m0/s1. The Morgan fingerprint density at radius 1 is 0.846 bits per heavy atom. The highest BCUT2D eigenvalue weighted by molar-refractivity contribution is 5.68. The third-order valence-electron chi connectivity index (χ3n) is 3.15. The van der Waals surface area contributed by atoms with Crippen LogP contribution in [0.4, 0.5) is 0 Å². The van der Waals surface area contributed by atoms with Crippen LogP contribution in [0.25, 0.3) is 0 Å². The lowest BCUT2D eigenvalue weighted by atomic mass is 9.97. The Hall–Kier alpha value is -2.78. The van der Waals surface area contributed by atoms with E-state index < -0.39 is 54.5 Å². The summed E-state index contributed by atoms with van der Waals surface area (Å²) in [5.74, 6) is -2.94. The maximum atomic E-state index is 11.5. The number of ether oxygens (including phenoxy) is 5. The van der Waals surface area contributed by atoms with Crippen molar-refractivity contribution in [3.8, 4) is 0 Å². The highest BCUT2D eigenvalue weighted by atomic mass is 16.7. The molecule has 0 aromatic heterocycles. The molecule has 0 saturated carbocycles. The molecule has 1 heterocycles. The number of nitrogens with zero attached hydrogens (tertiary/aromatic N) is 1. The molecule has 11 nitrogen and oxygen atoms in total. The summed E-state index contributed by atoms with van der Waals surface area (Å²) in [6.45, 7) is 4.03. The zero-order chi connectivity index (χ0) is 19.9. The number of aliphatic imine (C=N–C) groups is 1. The second-order valence-electron chi connectivity index (χ2n) is 5.31. The molecule has 1 aliphatic rings. The second-order valence-corrected chi connectivity index (χ2v) is 5.31. The fraction of sp³-hybridized carbons (Fsp3) is 0.667. The predicted octanol–water partition coefficient (Wildman–Crippen LogP) is -0.595. The quantitative estimate of drug-likeness (QED) is 0.256. The smallest absolute Gasteiger partial charge is 0.303 e. The van der Waals surface area contributed by atoms with Crippen molar-refractivity contribution in [3.05, 3.63) is 0 Å². The first kappa shape index (κ1) is 21.3. The van der Waals surface area contributed by atoms with Crippen molar-refractivity contribution in [2.45, 2.75) is 58.3 Å². The van der Waals surface area contributed by atoms with Gasteiger partial charge in [-0.3, -0.25) is 19.2 Å². The summed E-state index contributed by atoms with van der Waals surface area (Å²) >= 11 is 0. The number of hydrogen-bond donors (Lipinski definition) is 0. The molecule has 1 saturated heterocycles. The van der Waals surface area contributed by atoms with Gasteiger partial charge in [-0.15, -0.1) is 0 Å². The summed E-state index contributed by atoms with van der Waals surface area (Å²) < 4.78 is 25.6. The van der Waals surface area contributed by atoms with Crippen LogP contribution in [0.3, 0.4) is 0 Å². The zero-order valence-electron chi connectivity index (χ0n) is 14.6. The molecule has 0 bridgehead atoms. The molecule has 1 fully saturated rings. The minimum Gasteiger partial charge on any atom is -0.463 e. The van der Waals surface area contributed by atoms with Crippen molar-refractivity contribution in [1.29, 1.82) is 0 Å². The molecule has 1 aliphatic heterocycles. The van der Waals surface area contributed by atoms with E-state index in [1.807, 2.05) is 0 Å². The average molecular weight is 373 g/mol. The Balaban J connectivity index is 3.28. The summed E-state index contributed by atoms with van der Waals surface area (Å²) in [5.41, 5.74) is 0. The molecule has 26 heavy (non-hydrogen) atoms. The third kappa shape index (κ3) is 6.26. The molecule has 11 heteroatoms. The van der Waals surface area contributed by atoms with Crippen molar-refractivity contribution in [1.82, 2.24) is 0 Å². The Bertz CT molecular complexity index is 612. The van der Waals surface area contributed by atoms with Gasteiger partial charge in [0, 0.05) is 27.7 Å². The molecule has 0 aromatic carbocycles. The largest absolute Gasteiger partial charge is 0.463 e. The first-order chi connectivity index (χ1) is 12.1. The van der Waals surface area contributed by atoms with E-state index in [0.29, 0.717) is 0 Å². The van der Waals surface area contributed by atoms with Crippen LogP contribution >= 0.6 is 0 Å². The lowest BCUT2D eigenvalue weighted by Gasteiger charge is -2.42. The van der Waals surface area contributed by atoms with E-state index in [-0.39, 0.29) is 6.61 Å². The molecule has 0 radical (unpaired) electrons. The van der Waals surface area contributed by atoms with E-state index in [9.17, 15) is 24.0 Å². The van der Waals surface area contributed by atoms with Gasteiger partial charge in [0.25, 0.3) is 0 Å². The van der Waals surface area contributed by atoms with Gasteiger partial charge in [-0.25, -0.2) is 4.79 Å². The first-order valence-electron chi connectivity index (χ1n) is 7.53. The van der Waals surface area contributed by atoms with Crippen LogP contribution in [0.2, 0.25) is 0 Å². The van der Waals surface area contributed by atoms with Gasteiger partial charge in [-0.2, -0.15) is 4.99 Å². The normalized spacial score (nSPS) is 27.5. The zero-order valence-corrected chi connectivity index (χ0v) is 14.6. The maximum Gasteiger partial charge on any atom is 0.303 e. The molecule has 0 spiro atoms. The molecule has 3 unspecified atom stereocenters. The Labute approximate surface area is 148 Å². The molecule has 1 rings (SSSR count). The Kier molecular flexibility index (Phi) is 7.88. The highest BCUT2D eigenvalue weighted by Gasteiger charge is 2.52. The van der Waals surface area contributed by atoms with Crippen LogP contribution < -0.4 is 0 Å². The number of carbonyl (C=O) groups excluding carboxylic acids is 5. The van der Waals surface area contributed by atoms with Crippen molar-refractivity contribution in [2.24, 2.45) is 4.99 Å². The van der Waals surface area contributed by atoms with E-state index in [2.05, 4.69) is 4.99 Å². The number of esters is 4. The number of isocyanates is 1. The van der Waals surface area contributed by atoms with Gasteiger partial charge in [0.05, 0.1) is 0 Å². The van der Waals surface area contributed by atoms with Crippen LogP contribution in [-0.2, 0) is 47.7 Å². The van der Waals surface area contributed by atoms with Gasteiger partial charge in [0.15, 0.2) is 18.3 Å². The monoisotopic (exact) mass is 373 g/mol. The number of rotatable bonds is 6. The number of carbonyl (C=O) groups is 4.